The number of hydrogen-bond acceptors (Lipinski definition) is 5. The van der Waals surface area contributed by atoms with Crippen molar-refractivity contribution in [1.29, 1.82) is 5.26 Å². The Morgan fingerprint density at radius 1 is 1.12 bits per heavy atom. The van der Waals surface area contributed by atoms with Crippen LogP contribution in [0.4, 0.5) is 0 Å². The molecule has 24 heavy (non-hydrogen) atoms. The minimum absolute atomic E-state index is 0.228. The van der Waals surface area contributed by atoms with Crippen molar-refractivity contribution >= 4 is 9.84 Å². The van der Waals surface area contributed by atoms with Gasteiger partial charge in [-0.2, -0.15) is 5.26 Å². The molecule has 1 saturated heterocycles. The Bertz CT molecular complexity index is 699. The minimum Gasteiger partial charge on any atom is -0.300 e. The molecule has 1 aliphatic heterocycles. The maximum absolute atomic E-state index is 11.3. The lowest BCUT2D eigenvalue weighted by Gasteiger charge is -2.35. The van der Waals surface area contributed by atoms with Gasteiger partial charge in [-0.1, -0.05) is 24.3 Å². The van der Waals surface area contributed by atoms with Crippen LogP contribution < -0.4 is 0 Å². The molecule has 5 nitrogen and oxygen atoms in total. The van der Waals surface area contributed by atoms with Crippen LogP contribution >= 0.6 is 0 Å². The monoisotopic (exact) mass is 349 g/mol. The van der Waals surface area contributed by atoms with Gasteiger partial charge < -0.3 is 0 Å². The molecule has 0 bridgehead atoms. The van der Waals surface area contributed by atoms with E-state index in [1.807, 2.05) is 32.0 Å². The number of nitrogens with zero attached hydrogens (tertiary/aromatic N) is 3. The number of piperazine rings is 1. The van der Waals surface area contributed by atoms with Crippen molar-refractivity contribution in [2.75, 3.05) is 44.7 Å². The maximum Gasteiger partial charge on any atom is 0.148 e. The second-order valence-electron chi connectivity index (χ2n) is 7.14. The molecule has 6 heteroatoms. The number of benzene rings is 1. The van der Waals surface area contributed by atoms with E-state index in [1.54, 1.807) is 0 Å². The van der Waals surface area contributed by atoms with Gasteiger partial charge in [-0.3, -0.25) is 9.80 Å². The van der Waals surface area contributed by atoms with Gasteiger partial charge in [0, 0.05) is 45.5 Å². The predicted molar refractivity (Wildman–Crippen MR) is 96.5 cm³/mol. The van der Waals surface area contributed by atoms with Gasteiger partial charge in [0.1, 0.15) is 9.84 Å². The zero-order chi connectivity index (χ0) is 17.8. The van der Waals surface area contributed by atoms with E-state index in [2.05, 4.69) is 21.9 Å². The van der Waals surface area contributed by atoms with Crippen molar-refractivity contribution in [3.8, 4) is 6.07 Å². The minimum atomic E-state index is -2.90. The maximum atomic E-state index is 11.3. The normalized spacial score (nSPS) is 17.6. The molecule has 0 amide bonds. The summed E-state index contributed by atoms with van der Waals surface area (Å²) in [5.74, 6) is 0.228. The second-order valence-corrected chi connectivity index (χ2v) is 9.40. The van der Waals surface area contributed by atoms with Crippen LogP contribution in [0.5, 0.6) is 0 Å². The predicted octanol–water partition coefficient (Wildman–Crippen LogP) is 1.65. The van der Waals surface area contributed by atoms with E-state index in [1.165, 1.54) is 11.8 Å². The van der Waals surface area contributed by atoms with E-state index in [0.717, 1.165) is 38.3 Å². The van der Waals surface area contributed by atoms with Crippen LogP contribution in [0.3, 0.4) is 0 Å². The van der Waals surface area contributed by atoms with Gasteiger partial charge >= 0.3 is 0 Å². The Morgan fingerprint density at radius 3 is 2.29 bits per heavy atom. The lowest BCUT2D eigenvalue weighted by atomic mass is 9.83. The van der Waals surface area contributed by atoms with Crippen LogP contribution in [0, 0.1) is 11.3 Å². The van der Waals surface area contributed by atoms with Crippen molar-refractivity contribution in [2.24, 2.45) is 0 Å². The van der Waals surface area contributed by atoms with Crippen LogP contribution in [-0.2, 0) is 21.8 Å². The average Bonchev–Trinajstić information content (AvgIpc) is 2.54. The Labute approximate surface area is 145 Å². The topological polar surface area (TPSA) is 64.4 Å². The summed E-state index contributed by atoms with van der Waals surface area (Å²) >= 11 is 0. The molecule has 1 fully saturated rings. The van der Waals surface area contributed by atoms with Gasteiger partial charge in [0.15, 0.2) is 0 Å². The third-order valence-electron chi connectivity index (χ3n) is 4.61. The van der Waals surface area contributed by atoms with E-state index < -0.39 is 15.3 Å². The number of sulfone groups is 1. The summed E-state index contributed by atoms with van der Waals surface area (Å²) < 4.78 is 22.6. The molecule has 1 aromatic carbocycles. The third kappa shape index (κ3) is 5.30. The summed E-state index contributed by atoms with van der Waals surface area (Å²) in [6.07, 6.45) is 1.29. The molecule has 0 radical (unpaired) electrons. The first kappa shape index (κ1) is 18.9. The van der Waals surface area contributed by atoms with Crippen LogP contribution in [0.1, 0.15) is 25.0 Å². The third-order valence-corrected chi connectivity index (χ3v) is 5.53. The molecule has 1 heterocycles. The summed E-state index contributed by atoms with van der Waals surface area (Å²) in [4.78, 5) is 4.59. The van der Waals surface area contributed by atoms with E-state index in [0.29, 0.717) is 6.54 Å². The summed E-state index contributed by atoms with van der Waals surface area (Å²) in [6.45, 7) is 8.98. The summed E-state index contributed by atoms with van der Waals surface area (Å²) in [5.41, 5.74) is 1.80. The van der Waals surface area contributed by atoms with Gasteiger partial charge in [0.25, 0.3) is 0 Å². The van der Waals surface area contributed by atoms with Crippen molar-refractivity contribution in [3.63, 3.8) is 0 Å². The fraction of sp³-hybridized carbons (Fsp3) is 0.611. The molecule has 0 N–H and O–H groups in total. The Balaban J connectivity index is 1.95. The van der Waals surface area contributed by atoms with Gasteiger partial charge in [-0.15, -0.1) is 0 Å². The lowest BCUT2D eigenvalue weighted by molar-refractivity contribution is 0.132. The molecule has 132 valence electrons. The smallest absolute Gasteiger partial charge is 0.148 e. The fourth-order valence-corrected chi connectivity index (χ4v) is 3.62. The first-order valence-electron chi connectivity index (χ1n) is 8.33. The molecule has 0 saturated carbocycles. The molecule has 0 spiro atoms. The van der Waals surface area contributed by atoms with E-state index >= 15 is 0 Å². The molecule has 0 aliphatic carbocycles. The largest absolute Gasteiger partial charge is 0.300 e. The first-order chi connectivity index (χ1) is 11.2. The van der Waals surface area contributed by atoms with Crippen molar-refractivity contribution in [2.45, 2.75) is 25.8 Å². The molecule has 2 rings (SSSR count). The number of hydrogen-bond donors (Lipinski definition) is 0. The highest BCUT2D eigenvalue weighted by Gasteiger charge is 2.24. The van der Waals surface area contributed by atoms with Crippen LogP contribution in [0.25, 0.3) is 0 Å². The van der Waals surface area contributed by atoms with Gasteiger partial charge in [-0.25, -0.2) is 8.42 Å². The van der Waals surface area contributed by atoms with E-state index in [4.69, 9.17) is 0 Å². The molecular formula is C18H27N3O2S. The lowest BCUT2D eigenvalue weighted by Crippen LogP contribution is -2.47. The first-order valence-corrected chi connectivity index (χ1v) is 10.4. The van der Waals surface area contributed by atoms with E-state index in [-0.39, 0.29) is 5.75 Å². The highest BCUT2D eigenvalue weighted by molar-refractivity contribution is 7.90. The van der Waals surface area contributed by atoms with Crippen LogP contribution in [-0.4, -0.2) is 63.0 Å². The van der Waals surface area contributed by atoms with E-state index in [9.17, 15) is 13.7 Å². The zero-order valence-electron chi connectivity index (χ0n) is 14.8. The highest BCUT2D eigenvalue weighted by atomic mass is 32.2. The summed E-state index contributed by atoms with van der Waals surface area (Å²) in [5, 5.41) is 9.42. The molecule has 0 unspecified atom stereocenters. The Kier molecular flexibility index (Phi) is 6.02. The molecule has 1 aliphatic rings. The Hall–Kier alpha value is -1.42. The van der Waals surface area contributed by atoms with Crippen LogP contribution in [0.15, 0.2) is 24.3 Å². The SMILES string of the molecule is CC(C)(C#N)c1ccccc1CN1CCN(CCS(C)(=O)=O)CC1. The fourth-order valence-electron chi connectivity index (χ4n) is 3.03. The van der Waals surface area contributed by atoms with Gasteiger partial charge in [0.2, 0.25) is 0 Å². The molecular weight excluding hydrogens is 322 g/mol. The number of nitriles is 1. The second kappa shape index (κ2) is 7.64. The van der Waals surface area contributed by atoms with Crippen molar-refractivity contribution < 1.29 is 8.42 Å². The van der Waals surface area contributed by atoms with Gasteiger partial charge in [0.05, 0.1) is 17.2 Å². The quantitative estimate of drug-likeness (QED) is 0.781. The molecule has 0 aromatic heterocycles. The Morgan fingerprint density at radius 2 is 1.71 bits per heavy atom. The van der Waals surface area contributed by atoms with Crippen LogP contribution in [0.2, 0.25) is 0 Å². The number of rotatable bonds is 6. The molecule has 1 aromatic rings. The van der Waals surface area contributed by atoms with Crippen molar-refractivity contribution in [1.82, 2.24) is 9.80 Å². The van der Waals surface area contributed by atoms with Crippen molar-refractivity contribution in [3.05, 3.63) is 35.4 Å². The molecule has 0 atom stereocenters. The standard InChI is InChI=1S/C18H27N3O2S/c1-18(2,15-19)17-7-5-4-6-16(17)14-21-10-8-20(9-11-21)12-13-24(3,22)23/h4-7H,8-14H2,1-3H3. The summed E-state index contributed by atoms with van der Waals surface area (Å²) in [6, 6.07) is 10.5. The zero-order valence-corrected chi connectivity index (χ0v) is 15.6. The average molecular weight is 350 g/mol. The highest BCUT2D eigenvalue weighted by Crippen LogP contribution is 2.26. The van der Waals surface area contributed by atoms with Gasteiger partial charge in [-0.05, 0) is 25.0 Å². The summed E-state index contributed by atoms with van der Waals surface area (Å²) in [7, 11) is -2.90.